The number of hydrogen-bond acceptors (Lipinski definition) is 2. The van der Waals surface area contributed by atoms with E-state index in [1.807, 2.05) is 0 Å². The molecule has 0 saturated heterocycles. The van der Waals surface area contributed by atoms with Gasteiger partial charge >= 0.3 is 5.97 Å². The first kappa shape index (κ1) is 11.7. The van der Waals surface area contributed by atoms with Crippen molar-refractivity contribution in [1.29, 1.82) is 0 Å². The molecule has 0 unspecified atom stereocenters. The maximum absolute atomic E-state index is 13.3. The number of carbonyl (C=O) groups is 1. The first-order chi connectivity index (χ1) is 6.60. The van der Waals surface area contributed by atoms with Crippen molar-refractivity contribution in [1.82, 2.24) is 0 Å². The lowest BCUT2D eigenvalue weighted by molar-refractivity contribution is 0.0600. The van der Waals surface area contributed by atoms with Crippen LogP contribution in [0.15, 0.2) is 16.6 Å². The van der Waals surface area contributed by atoms with Crippen molar-refractivity contribution in [2.24, 2.45) is 0 Å². The highest BCUT2D eigenvalue weighted by Crippen LogP contribution is 2.24. The average Bonchev–Trinajstić information content (AvgIpc) is 2.16. The average molecular weight is 326 g/mol. The summed E-state index contributed by atoms with van der Waals surface area (Å²) < 4.78 is 18.4. The van der Waals surface area contributed by atoms with Crippen LogP contribution >= 0.6 is 31.9 Å². The number of rotatable bonds is 2. The van der Waals surface area contributed by atoms with Crippen LogP contribution in [-0.4, -0.2) is 13.1 Å². The summed E-state index contributed by atoms with van der Waals surface area (Å²) in [6, 6.07) is 2.69. The molecule has 0 bridgehead atoms. The summed E-state index contributed by atoms with van der Waals surface area (Å²) in [6.45, 7) is 0. The van der Waals surface area contributed by atoms with E-state index in [9.17, 15) is 9.18 Å². The van der Waals surface area contributed by atoms with Crippen LogP contribution in [0.4, 0.5) is 4.39 Å². The van der Waals surface area contributed by atoms with Crippen molar-refractivity contribution in [3.05, 3.63) is 33.5 Å². The van der Waals surface area contributed by atoms with E-state index < -0.39 is 11.8 Å². The van der Waals surface area contributed by atoms with Gasteiger partial charge in [-0.25, -0.2) is 9.18 Å². The highest BCUT2D eigenvalue weighted by atomic mass is 79.9. The zero-order valence-electron chi connectivity index (χ0n) is 7.31. The molecule has 0 aromatic heterocycles. The van der Waals surface area contributed by atoms with Crippen molar-refractivity contribution in [3.63, 3.8) is 0 Å². The van der Waals surface area contributed by atoms with Crippen molar-refractivity contribution in [2.75, 3.05) is 7.11 Å². The first-order valence-electron chi connectivity index (χ1n) is 3.72. The molecule has 0 fully saturated rings. The Labute approximate surface area is 97.7 Å². The van der Waals surface area contributed by atoms with Crippen LogP contribution in [0.3, 0.4) is 0 Å². The molecule has 0 aliphatic rings. The number of methoxy groups -OCH3 is 1. The minimum absolute atomic E-state index is 0.196. The molecule has 1 rings (SSSR count). The number of hydrogen-bond donors (Lipinski definition) is 0. The number of ether oxygens (including phenoxy) is 1. The van der Waals surface area contributed by atoms with Crippen LogP contribution < -0.4 is 0 Å². The molecular weight excluding hydrogens is 319 g/mol. The van der Waals surface area contributed by atoms with Crippen molar-refractivity contribution >= 4 is 37.8 Å². The second kappa shape index (κ2) is 4.89. The van der Waals surface area contributed by atoms with E-state index in [0.717, 1.165) is 6.07 Å². The summed E-state index contributed by atoms with van der Waals surface area (Å²) in [7, 11) is 1.26. The number of carbonyl (C=O) groups excluding carboxylic acids is 1. The number of benzene rings is 1. The third kappa shape index (κ3) is 2.33. The molecule has 0 spiro atoms. The lowest BCUT2D eigenvalue weighted by Crippen LogP contribution is -2.03. The monoisotopic (exact) mass is 324 g/mol. The Morgan fingerprint density at radius 2 is 2.21 bits per heavy atom. The standard InChI is InChI=1S/C9H7Br2FO2/c1-14-9(13)5-2-7(11)6(4-10)8(12)3-5/h2-3H,4H2,1H3. The van der Waals surface area contributed by atoms with Crippen molar-refractivity contribution in [3.8, 4) is 0 Å². The van der Waals surface area contributed by atoms with Crippen molar-refractivity contribution < 1.29 is 13.9 Å². The second-order valence-corrected chi connectivity index (χ2v) is 3.96. The Hall–Kier alpha value is -0.420. The third-order valence-corrected chi connectivity index (χ3v) is 2.96. The zero-order valence-corrected chi connectivity index (χ0v) is 10.5. The summed E-state index contributed by atoms with van der Waals surface area (Å²) >= 11 is 6.33. The normalized spacial score (nSPS) is 10.0. The molecule has 1 aromatic rings. The van der Waals surface area contributed by atoms with Crippen LogP contribution in [0.2, 0.25) is 0 Å². The molecule has 0 amide bonds. The molecule has 2 nitrogen and oxygen atoms in total. The number of halogens is 3. The minimum Gasteiger partial charge on any atom is -0.465 e. The molecule has 0 saturated carbocycles. The predicted octanol–water partition coefficient (Wildman–Crippen LogP) is 3.27. The predicted molar refractivity (Wildman–Crippen MR) is 58.1 cm³/mol. The van der Waals surface area contributed by atoms with Gasteiger partial charge in [-0.3, -0.25) is 0 Å². The lowest BCUT2D eigenvalue weighted by atomic mass is 10.1. The fraction of sp³-hybridized carbons (Fsp3) is 0.222. The van der Waals surface area contributed by atoms with Gasteiger partial charge in [0.15, 0.2) is 0 Å². The summed E-state index contributed by atoms with van der Waals surface area (Å²) in [5, 5.41) is 0.390. The fourth-order valence-corrected chi connectivity index (χ4v) is 2.49. The van der Waals surface area contributed by atoms with Gasteiger partial charge < -0.3 is 4.74 Å². The third-order valence-electron chi connectivity index (χ3n) is 1.70. The molecule has 0 N–H and O–H groups in total. The van der Waals surface area contributed by atoms with E-state index in [1.54, 1.807) is 0 Å². The molecular formula is C9H7Br2FO2. The molecule has 0 heterocycles. The van der Waals surface area contributed by atoms with Crippen LogP contribution in [0, 0.1) is 5.82 Å². The van der Waals surface area contributed by atoms with Crippen LogP contribution in [-0.2, 0) is 10.1 Å². The Bertz CT molecular complexity index is 343. The van der Waals surface area contributed by atoms with E-state index >= 15 is 0 Å². The van der Waals surface area contributed by atoms with Crippen molar-refractivity contribution in [2.45, 2.75) is 5.33 Å². The van der Waals surface area contributed by atoms with Crippen LogP contribution in [0.25, 0.3) is 0 Å². The Morgan fingerprint density at radius 1 is 1.57 bits per heavy atom. The molecule has 0 atom stereocenters. The van der Waals surface area contributed by atoms with Gasteiger partial charge in [0.2, 0.25) is 0 Å². The summed E-state index contributed by atoms with van der Waals surface area (Å²) in [6.07, 6.45) is 0. The molecule has 0 radical (unpaired) electrons. The van der Waals surface area contributed by atoms with Crippen LogP contribution in [0.1, 0.15) is 15.9 Å². The largest absolute Gasteiger partial charge is 0.465 e. The van der Waals surface area contributed by atoms with E-state index in [4.69, 9.17) is 0 Å². The SMILES string of the molecule is COC(=O)c1cc(F)c(CBr)c(Br)c1. The topological polar surface area (TPSA) is 26.3 Å². The summed E-state index contributed by atoms with van der Waals surface area (Å²) in [5.41, 5.74) is 0.680. The smallest absolute Gasteiger partial charge is 0.337 e. The maximum Gasteiger partial charge on any atom is 0.337 e. The summed E-state index contributed by atoms with van der Waals surface area (Å²) in [4.78, 5) is 11.1. The fourth-order valence-electron chi connectivity index (χ4n) is 0.966. The quantitative estimate of drug-likeness (QED) is 0.616. The molecule has 5 heteroatoms. The van der Waals surface area contributed by atoms with Gasteiger partial charge in [-0.1, -0.05) is 31.9 Å². The van der Waals surface area contributed by atoms with Gasteiger partial charge in [-0.05, 0) is 12.1 Å². The molecule has 76 valence electrons. The van der Waals surface area contributed by atoms with Gasteiger partial charge in [0.1, 0.15) is 5.82 Å². The number of esters is 1. The van der Waals surface area contributed by atoms with Crippen LogP contribution in [0.5, 0.6) is 0 Å². The highest BCUT2D eigenvalue weighted by Gasteiger charge is 2.12. The van der Waals surface area contributed by atoms with Gasteiger partial charge in [0.25, 0.3) is 0 Å². The molecule has 1 aromatic carbocycles. The Kier molecular flexibility index (Phi) is 4.07. The van der Waals surface area contributed by atoms with Gasteiger partial charge in [-0.2, -0.15) is 0 Å². The van der Waals surface area contributed by atoms with Gasteiger partial charge in [0.05, 0.1) is 12.7 Å². The Morgan fingerprint density at radius 3 is 2.64 bits per heavy atom. The van der Waals surface area contributed by atoms with Gasteiger partial charge in [0, 0.05) is 15.4 Å². The molecule has 0 aliphatic heterocycles. The lowest BCUT2D eigenvalue weighted by Gasteiger charge is -2.05. The highest BCUT2D eigenvalue weighted by molar-refractivity contribution is 9.10. The summed E-state index contributed by atoms with van der Waals surface area (Å²) in [5.74, 6) is -0.984. The number of alkyl halides is 1. The zero-order chi connectivity index (χ0) is 10.7. The minimum atomic E-state index is -0.550. The maximum atomic E-state index is 13.3. The molecule has 14 heavy (non-hydrogen) atoms. The van der Waals surface area contributed by atoms with E-state index in [2.05, 4.69) is 36.6 Å². The van der Waals surface area contributed by atoms with E-state index in [-0.39, 0.29) is 5.56 Å². The second-order valence-electron chi connectivity index (χ2n) is 2.54. The first-order valence-corrected chi connectivity index (χ1v) is 5.63. The van der Waals surface area contributed by atoms with E-state index in [1.165, 1.54) is 13.2 Å². The Balaban J connectivity index is 3.20. The molecule has 0 aliphatic carbocycles. The van der Waals surface area contributed by atoms with E-state index in [0.29, 0.717) is 15.4 Å². The van der Waals surface area contributed by atoms with Gasteiger partial charge in [-0.15, -0.1) is 0 Å².